The maximum atomic E-state index is 5.64. The number of hydrogen-bond donors (Lipinski definition) is 0. The molecule has 1 nitrogen and oxygen atoms in total. The smallest absolute Gasteiger partial charge is 0.160 e. The number of rotatable bonds is 3. The molecule has 0 aromatic heterocycles. The topological polar surface area (TPSA) is 9.23 Å². The van der Waals surface area contributed by atoms with Crippen LogP contribution in [-0.4, -0.2) is 11.2 Å². The van der Waals surface area contributed by atoms with Gasteiger partial charge < -0.3 is 4.74 Å². The van der Waals surface area contributed by atoms with Crippen molar-refractivity contribution in [3.63, 3.8) is 0 Å². The average molecular weight is 186 g/mol. The molecule has 0 aromatic rings. The Balaban J connectivity index is 2.26. The van der Waals surface area contributed by atoms with E-state index in [0.29, 0.717) is 6.10 Å². The second-order valence-electron chi connectivity index (χ2n) is 3.50. The monoisotopic (exact) mass is 186 g/mol. The molecular formula is C10H18OS. The van der Waals surface area contributed by atoms with Crippen molar-refractivity contribution in [2.24, 2.45) is 0 Å². The fourth-order valence-corrected chi connectivity index (χ4v) is 1.86. The van der Waals surface area contributed by atoms with Gasteiger partial charge in [0.2, 0.25) is 0 Å². The van der Waals surface area contributed by atoms with Gasteiger partial charge in [-0.3, -0.25) is 0 Å². The molecule has 1 saturated heterocycles. The molecule has 0 N–H and O–H groups in total. The Morgan fingerprint density at radius 1 is 1.50 bits per heavy atom. The van der Waals surface area contributed by atoms with Crippen LogP contribution in [0.1, 0.15) is 51.9 Å². The van der Waals surface area contributed by atoms with Crippen LogP contribution in [0.2, 0.25) is 0 Å². The van der Waals surface area contributed by atoms with Gasteiger partial charge in [-0.25, -0.2) is 0 Å². The minimum atomic E-state index is 0.431. The van der Waals surface area contributed by atoms with Gasteiger partial charge in [-0.2, -0.15) is 0 Å². The summed E-state index contributed by atoms with van der Waals surface area (Å²) in [5, 5.41) is 0.841. The van der Waals surface area contributed by atoms with Gasteiger partial charge in [-0.05, 0) is 37.9 Å². The molecule has 0 radical (unpaired) electrons. The van der Waals surface area contributed by atoms with E-state index in [2.05, 4.69) is 6.92 Å². The fraction of sp³-hybridized carbons (Fsp3) is 0.900. The van der Waals surface area contributed by atoms with Crippen molar-refractivity contribution in [1.82, 2.24) is 0 Å². The highest BCUT2D eigenvalue weighted by atomic mass is 32.1. The number of thiocarbonyl (C=S) groups is 1. The Kier molecular flexibility index (Phi) is 4.59. The van der Waals surface area contributed by atoms with E-state index in [1.165, 1.54) is 38.5 Å². The first-order valence-electron chi connectivity index (χ1n) is 5.02. The molecule has 0 aliphatic carbocycles. The molecule has 12 heavy (non-hydrogen) atoms. The summed E-state index contributed by atoms with van der Waals surface area (Å²) in [6, 6.07) is 0. The van der Waals surface area contributed by atoms with Crippen LogP contribution in [0.3, 0.4) is 0 Å². The van der Waals surface area contributed by atoms with Gasteiger partial charge in [0.1, 0.15) is 0 Å². The van der Waals surface area contributed by atoms with Gasteiger partial charge in [0.25, 0.3) is 0 Å². The average Bonchev–Trinajstić information content (AvgIpc) is 2.26. The predicted molar refractivity (Wildman–Crippen MR) is 55.5 cm³/mol. The van der Waals surface area contributed by atoms with Gasteiger partial charge in [-0.1, -0.05) is 19.8 Å². The van der Waals surface area contributed by atoms with E-state index in [-0.39, 0.29) is 0 Å². The zero-order chi connectivity index (χ0) is 8.81. The number of hydrogen-bond acceptors (Lipinski definition) is 2. The van der Waals surface area contributed by atoms with Crippen molar-refractivity contribution in [3.05, 3.63) is 0 Å². The maximum Gasteiger partial charge on any atom is 0.160 e. The van der Waals surface area contributed by atoms with Crippen LogP contribution >= 0.6 is 12.2 Å². The van der Waals surface area contributed by atoms with E-state index < -0.39 is 0 Å². The van der Waals surface area contributed by atoms with Gasteiger partial charge in [0.05, 0.1) is 6.10 Å². The molecule has 70 valence electrons. The van der Waals surface area contributed by atoms with E-state index in [1.807, 2.05) is 0 Å². The van der Waals surface area contributed by atoms with Gasteiger partial charge in [0, 0.05) is 6.42 Å². The van der Waals surface area contributed by atoms with E-state index >= 15 is 0 Å². The SMILES string of the molecule is CCCCC1CCCCC(=S)O1. The van der Waals surface area contributed by atoms with Crippen LogP contribution in [0.25, 0.3) is 0 Å². The van der Waals surface area contributed by atoms with Crippen LogP contribution in [0, 0.1) is 0 Å². The Morgan fingerprint density at radius 2 is 2.33 bits per heavy atom. The van der Waals surface area contributed by atoms with Crippen LogP contribution in [0.5, 0.6) is 0 Å². The Labute approximate surface area is 80.5 Å². The van der Waals surface area contributed by atoms with Gasteiger partial charge >= 0.3 is 0 Å². The molecule has 2 heteroatoms. The summed E-state index contributed by atoms with van der Waals surface area (Å²) in [6.45, 7) is 2.22. The molecule has 0 bridgehead atoms. The molecule has 1 rings (SSSR count). The van der Waals surface area contributed by atoms with Crippen molar-refractivity contribution < 1.29 is 4.74 Å². The van der Waals surface area contributed by atoms with Crippen molar-refractivity contribution >= 4 is 17.3 Å². The second-order valence-corrected chi connectivity index (χ2v) is 3.96. The second kappa shape index (κ2) is 5.52. The zero-order valence-corrected chi connectivity index (χ0v) is 8.66. The van der Waals surface area contributed by atoms with Crippen LogP contribution < -0.4 is 0 Å². The summed E-state index contributed by atoms with van der Waals surface area (Å²) in [7, 11) is 0. The van der Waals surface area contributed by atoms with E-state index in [0.717, 1.165) is 11.5 Å². The first-order chi connectivity index (χ1) is 5.83. The molecule has 1 unspecified atom stereocenters. The zero-order valence-electron chi connectivity index (χ0n) is 7.84. The lowest BCUT2D eigenvalue weighted by molar-refractivity contribution is 0.173. The highest BCUT2D eigenvalue weighted by molar-refractivity contribution is 7.80. The molecule has 1 atom stereocenters. The summed E-state index contributed by atoms with van der Waals surface area (Å²) in [5.41, 5.74) is 0. The molecule has 1 heterocycles. The summed E-state index contributed by atoms with van der Waals surface area (Å²) in [6.07, 6.45) is 8.87. The summed E-state index contributed by atoms with van der Waals surface area (Å²) >= 11 is 5.10. The highest BCUT2D eigenvalue weighted by Gasteiger charge is 2.14. The van der Waals surface area contributed by atoms with Crippen LogP contribution in [0.4, 0.5) is 0 Å². The van der Waals surface area contributed by atoms with Gasteiger partial charge in [0.15, 0.2) is 5.05 Å². The van der Waals surface area contributed by atoms with Gasteiger partial charge in [-0.15, -0.1) is 0 Å². The molecule has 1 aliphatic rings. The lowest BCUT2D eigenvalue weighted by Gasteiger charge is -2.15. The first-order valence-corrected chi connectivity index (χ1v) is 5.43. The minimum absolute atomic E-state index is 0.431. The molecule has 0 saturated carbocycles. The molecule has 0 aromatic carbocycles. The molecular weight excluding hydrogens is 168 g/mol. The van der Waals surface area contributed by atoms with E-state index in [1.54, 1.807) is 0 Å². The fourth-order valence-electron chi connectivity index (χ4n) is 1.58. The van der Waals surface area contributed by atoms with Crippen molar-refractivity contribution in [3.8, 4) is 0 Å². The quantitative estimate of drug-likeness (QED) is 0.624. The molecule has 0 spiro atoms. The Bertz CT molecular complexity index is 145. The first kappa shape index (κ1) is 9.97. The van der Waals surface area contributed by atoms with Crippen LogP contribution in [-0.2, 0) is 4.74 Å². The number of unbranched alkanes of at least 4 members (excludes halogenated alkanes) is 1. The predicted octanol–water partition coefficient (Wildman–Crippen LogP) is 3.46. The summed E-state index contributed by atoms with van der Waals surface area (Å²) in [5.74, 6) is 0. The standard InChI is InChI=1S/C10H18OS/c1-2-3-6-9-7-4-5-8-10(12)11-9/h9H,2-8H2,1H3. The van der Waals surface area contributed by atoms with Crippen LogP contribution in [0.15, 0.2) is 0 Å². The molecule has 1 aliphatic heterocycles. The molecule has 0 amide bonds. The third kappa shape index (κ3) is 3.53. The third-order valence-corrected chi connectivity index (χ3v) is 2.64. The summed E-state index contributed by atoms with van der Waals surface area (Å²) in [4.78, 5) is 0. The van der Waals surface area contributed by atoms with Crippen molar-refractivity contribution in [1.29, 1.82) is 0 Å². The minimum Gasteiger partial charge on any atom is -0.484 e. The Morgan fingerprint density at radius 3 is 3.08 bits per heavy atom. The third-order valence-electron chi connectivity index (χ3n) is 2.33. The lowest BCUT2D eigenvalue weighted by Crippen LogP contribution is -2.13. The van der Waals surface area contributed by atoms with E-state index in [4.69, 9.17) is 17.0 Å². The lowest BCUT2D eigenvalue weighted by atomic mass is 10.1. The highest BCUT2D eigenvalue weighted by Crippen LogP contribution is 2.19. The van der Waals surface area contributed by atoms with Crippen molar-refractivity contribution in [2.45, 2.75) is 58.0 Å². The largest absolute Gasteiger partial charge is 0.484 e. The van der Waals surface area contributed by atoms with Crippen molar-refractivity contribution in [2.75, 3.05) is 0 Å². The number of ether oxygens (including phenoxy) is 1. The Hall–Kier alpha value is -0.110. The normalized spacial score (nSPS) is 24.8. The summed E-state index contributed by atoms with van der Waals surface area (Å²) < 4.78 is 5.64. The maximum absolute atomic E-state index is 5.64. The molecule has 1 fully saturated rings. The van der Waals surface area contributed by atoms with E-state index in [9.17, 15) is 0 Å².